The molecule has 4 heterocycles. The molecule has 1 atom stereocenters. The second-order valence-corrected chi connectivity index (χ2v) is 6.02. The molecule has 0 saturated carbocycles. The van der Waals surface area contributed by atoms with Crippen molar-refractivity contribution in [1.82, 2.24) is 20.1 Å². The molecule has 0 aromatic carbocycles. The molecule has 1 fully saturated rings. The lowest BCUT2D eigenvalue weighted by molar-refractivity contribution is 0.120. The first-order valence-corrected chi connectivity index (χ1v) is 8.36. The van der Waals surface area contributed by atoms with Gasteiger partial charge in [0.15, 0.2) is 0 Å². The third-order valence-corrected chi connectivity index (χ3v) is 4.35. The van der Waals surface area contributed by atoms with Gasteiger partial charge in [-0.1, -0.05) is 5.16 Å². The zero-order valence-electron chi connectivity index (χ0n) is 12.3. The molecule has 1 aliphatic rings. The molecule has 118 valence electrons. The van der Waals surface area contributed by atoms with E-state index in [0.29, 0.717) is 29.6 Å². The van der Waals surface area contributed by atoms with E-state index in [4.69, 9.17) is 9.26 Å². The number of hydrogen-bond donors (Lipinski definition) is 1. The number of thiophene rings is 1. The second kappa shape index (κ2) is 6.43. The van der Waals surface area contributed by atoms with Crippen molar-refractivity contribution in [3.8, 4) is 22.8 Å². The van der Waals surface area contributed by atoms with Crippen LogP contribution in [0.15, 0.2) is 33.9 Å². The molecule has 8 heteroatoms. The van der Waals surface area contributed by atoms with E-state index in [2.05, 4.69) is 25.4 Å². The zero-order chi connectivity index (χ0) is 15.5. The minimum Gasteiger partial charge on any atom is -0.376 e. The summed E-state index contributed by atoms with van der Waals surface area (Å²) in [4.78, 5) is 12.8. The van der Waals surface area contributed by atoms with Gasteiger partial charge >= 0.3 is 0 Å². The number of nitrogens with one attached hydrogen (secondary N) is 1. The van der Waals surface area contributed by atoms with Crippen molar-refractivity contribution in [1.29, 1.82) is 0 Å². The minimum atomic E-state index is 0.224. The number of ether oxygens (including phenoxy) is 1. The molecule has 3 aromatic rings. The second-order valence-electron chi connectivity index (χ2n) is 5.24. The van der Waals surface area contributed by atoms with Gasteiger partial charge in [0, 0.05) is 30.3 Å². The number of hydrogen-bond acceptors (Lipinski definition) is 8. The third-order valence-electron chi connectivity index (χ3n) is 3.67. The molecule has 0 aliphatic carbocycles. The summed E-state index contributed by atoms with van der Waals surface area (Å²) in [5, 5.41) is 11.3. The first-order chi connectivity index (χ1) is 11.4. The van der Waals surface area contributed by atoms with Crippen LogP contribution in [-0.4, -0.2) is 39.4 Å². The Balaban J connectivity index is 1.56. The topological polar surface area (TPSA) is 86.0 Å². The van der Waals surface area contributed by atoms with E-state index in [9.17, 15) is 0 Å². The van der Waals surface area contributed by atoms with Crippen molar-refractivity contribution >= 4 is 17.2 Å². The molecular weight excluding hydrogens is 314 g/mol. The highest BCUT2D eigenvalue weighted by Crippen LogP contribution is 2.27. The van der Waals surface area contributed by atoms with Crippen molar-refractivity contribution in [2.45, 2.75) is 18.9 Å². The number of anilines is 1. The van der Waals surface area contributed by atoms with Crippen LogP contribution < -0.4 is 5.32 Å². The van der Waals surface area contributed by atoms with Crippen LogP contribution in [0.1, 0.15) is 12.8 Å². The third kappa shape index (κ3) is 3.08. The van der Waals surface area contributed by atoms with Crippen LogP contribution in [0.5, 0.6) is 0 Å². The maximum atomic E-state index is 5.62. The average Bonchev–Trinajstić information content (AvgIpc) is 3.34. The molecule has 23 heavy (non-hydrogen) atoms. The van der Waals surface area contributed by atoms with Gasteiger partial charge in [-0.25, -0.2) is 9.97 Å². The number of aromatic nitrogens is 4. The zero-order valence-corrected chi connectivity index (χ0v) is 13.1. The van der Waals surface area contributed by atoms with Crippen molar-refractivity contribution in [3.63, 3.8) is 0 Å². The summed E-state index contributed by atoms with van der Waals surface area (Å²) in [5.74, 6) is 1.65. The molecule has 0 bridgehead atoms. The van der Waals surface area contributed by atoms with Gasteiger partial charge in [0.05, 0.1) is 6.10 Å². The Morgan fingerprint density at radius 2 is 2.39 bits per heavy atom. The molecule has 1 saturated heterocycles. The maximum absolute atomic E-state index is 5.62. The Morgan fingerprint density at radius 3 is 3.22 bits per heavy atom. The monoisotopic (exact) mass is 329 g/mol. The SMILES string of the molecule is c1ncc(-c2nc(-c3ccsc3)no2)c(NC[C@@H]2CCCO2)n1. The lowest BCUT2D eigenvalue weighted by Crippen LogP contribution is -2.19. The maximum Gasteiger partial charge on any atom is 0.263 e. The van der Waals surface area contributed by atoms with E-state index < -0.39 is 0 Å². The molecule has 7 nitrogen and oxygen atoms in total. The smallest absolute Gasteiger partial charge is 0.263 e. The summed E-state index contributed by atoms with van der Waals surface area (Å²) in [6.07, 6.45) is 5.57. The van der Waals surface area contributed by atoms with Gasteiger partial charge in [-0.05, 0) is 24.3 Å². The van der Waals surface area contributed by atoms with Crippen LogP contribution in [0.2, 0.25) is 0 Å². The molecule has 1 aliphatic heterocycles. The van der Waals surface area contributed by atoms with Crippen LogP contribution in [-0.2, 0) is 4.74 Å². The van der Waals surface area contributed by atoms with E-state index in [-0.39, 0.29) is 6.10 Å². The van der Waals surface area contributed by atoms with Crippen molar-refractivity contribution in [3.05, 3.63) is 29.4 Å². The number of rotatable bonds is 5. The molecule has 1 N–H and O–H groups in total. The number of nitrogens with zero attached hydrogens (tertiary/aromatic N) is 4. The summed E-state index contributed by atoms with van der Waals surface area (Å²) in [6.45, 7) is 1.53. The van der Waals surface area contributed by atoms with Crippen LogP contribution in [0.3, 0.4) is 0 Å². The van der Waals surface area contributed by atoms with E-state index in [1.165, 1.54) is 6.33 Å². The minimum absolute atomic E-state index is 0.224. The lowest BCUT2D eigenvalue weighted by Gasteiger charge is -2.12. The summed E-state index contributed by atoms with van der Waals surface area (Å²) < 4.78 is 11.0. The van der Waals surface area contributed by atoms with E-state index in [0.717, 1.165) is 25.0 Å². The summed E-state index contributed by atoms with van der Waals surface area (Å²) in [6, 6.07) is 1.96. The lowest BCUT2D eigenvalue weighted by atomic mass is 10.2. The molecule has 0 spiro atoms. The van der Waals surface area contributed by atoms with Gasteiger partial charge in [-0.3, -0.25) is 0 Å². The first kappa shape index (κ1) is 14.3. The van der Waals surface area contributed by atoms with Gasteiger partial charge < -0.3 is 14.6 Å². The molecule has 4 rings (SSSR count). The average molecular weight is 329 g/mol. The highest BCUT2D eigenvalue weighted by atomic mass is 32.1. The van der Waals surface area contributed by atoms with Crippen molar-refractivity contribution in [2.75, 3.05) is 18.5 Å². The fourth-order valence-electron chi connectivity index (χ4n) is 2.48. The Kier molecular flexibility index (Phi) is 3.99. The fraction of sp³-hybridized carbons (Fsp3) is 0.333. The van der Waals surface area contributed by atoms with Crippen molar-refractivity contribution < 1.29 is 9.26 Å². The summed E-state index contributed by atoms with van der Waals surface area (Å²) in [7, 11) is 0. The summed E-state index contributed by atoms with van der Waals surface area (Å²) in [5.41, 5.74) is 1.63. The Labute approximate surface area is 136 Å². The standard InChI is InChI=1S/C15H15N5O2S/c1-2-11(21-4-1)6-17-14-12(7-16-9-18-14)15-19-13(20-22-15)10-3-5-23-8-10/h3,5,7-9,11H,1-2,4,6H2,(H,16,17,18)/t11-/m0/s1. The predicted molar refractivity (Wildman–Crippen MR) is 86.1 cm³/mol. The quantitative estimate of drug-likeness (QED) is 0.770. The van der Waals surface area contributed by atoms with Crippen LogP contribution in [0.4, 0.5) is 5.82 Å². The highest BCUT2D eigenvalue weighted by Gasteiger charge is 2.19. The first-order valence-electron chi connectivity index (χ1n) is 7.42. The predicted octanol–water partition coefficient (Wildman–Crippen LogP) is 2.85. The largest absolute Gasteiger partial charge is 0.376 e. The molecule has 0 unspecified atom stereocenters. The normalized spacial score (nSPS) is 17.5. The Hall–Kier alpha value is -2.32. The van der Waals surface area contributed by atoms with Crippen LogP contribution >= 0.6 is 11.3 Å². The van der Waals surface area contributed by atoms with Crippen LogP contribution in [0, 0.1) is 0 Å². The summed E-state index contributed by atoms with van der Waals surface area (Å²) >= 11 is 1.59. The fourth-order valence-corrected chi connectivity index (χ4v) is 3.12. The van der Waals surface area contributed by atoms with Gasteiger partial charge in [0.1, 0.15) is 17.7 Å². The molecule has 0 radical (unpaired) electrons. The Bertz CT molecular complexity index is 768. The van der Waals surface area contributed by atoms with Crippen LogP contribution in [0.25, 0.3) is 22.8 Å². The Morgan fingerprint density at radius 1 is 1.39 bits per heavy atom. The van der Waals surface area contributed by atoms with E-state index in [1.54, 1.807) is 17.5 Å². The highest BCUT2D eigenvalue weighted by molar-refractivity contribution is 7.08. The van der Waals surface area contributed by atoms with Gasteiger partial charge in [-0.2, -0.15) is 16.3 Å². The van der Waals surface area contributed by atoms with E-state index in [1.807, 2.05) is 16.8 Å². The van der Waals surface area contributed by atoms with Gasteiger partial charge in [-0.15, -0.1) is 0 Å². The van der Waals surface area contributed by atoms with Gasteiger partial charge in [0.25, 0.3) is 5.89 Å². The molecular formula is C15H15N5O2S. The molecule has 0 amide bonds. The van der Waals surface area contributed by atoms with Crippen molar-refractivity contribution in [2.24, 2.45) is 0 Å². The van der Waals surface area contributed by atoms with Gasteiger partial charge in [0.2, 0.25) is 5.82 Å². The molecule has 3 aromatic heterocycles. The van der Waals surface area contributed by atoms with E-state index >= 15 is 0 Å².